The monoisotopic (exact) mass is 495 g/mol. The molecule has 8 nitrogen and oxygen atoms in total. The van der Waals surface area contributed by atoms with E-state index in [9.17, 15) is 9.59 Å². The summed E-state index contributed by atoms with van der Waals surface area (Å²) in [6, 6.07) is 12.9. The number of ether oxygens (including phenoxy) is 2. The van der Waals surface area contributed by atoms with Crippen molar-refractivity contribution in [2.45, 2.75) is 50.9 Å². The van der Waals surface area contributed by atoms with Crippen molar-refractivity contribution in [3.63, 3.8) is 0 Å². The predicted octanol–water partition coefficient (Wildman–Crippen LogP) is 4.33. The predicted molar refractivity (Wildman–Crippen MR) is 136 cm³/mol. The van der Waals surface area contributed by atoms with E-state index in [1.54, 1.807) is 29.9 Å². The first kappa shape index (κ1) is 24.8. The van der Waals surface area contributed by atoms with Gasteiger partial charge in [0, 0.05) is 17.8 Å². The van der Waals surface area contributed by atoms with Crippen molar-refractivity contribution in [1.29, 1.82) is 0 Å². The maximum atomic E-state index is 13.4. The molecule has 1 unspecified atom stereocenters. The van der Waals surface area contributed by atoms with Crippen LogP contribution in [0.2, 0.25) is 0 Å². The molecule has 9 heteroatoms. The van der Waals surface area contributed by atoms with Gasteiger partial charge in [-0.15, -0.1) is 0 Å². The van der Waals surface area contributed by atoms with Crippen LogP contribution >= 0.6 is 11.8 Å². The Labute approximate surface area is 209 Å². The molecule has 0 bridgehead atoms. The summed E-state index contributed by atoms with van der Waals surface area (Å²) in [5.41, 5.74) is 2.10. The highest BCUT2D eigenvalue weighted by atomic mass is 32.2. The highest BCUT2D eigenvalue weighted by Crippen LogP contribution is 2.42. The fourth-order valence-corrected chi connectivity index (χ4v) is 5.32. The highest BCUT2D eigenvalue weighted by molar-refractivity contribution is 7.99. The van der Waals surface area contributed by atoms with E-state index in [0.717, 1.165) is 18.6 Å². The fraction of sp³-hybridized carbons (Fsp3) is 0.385. The van der Waals surface area contributed by atoms with E-state index >= 15 is 0 Å². The molecule has 1 aliphatic rings. The number of aromatic amines is 1. The third kappa shape index (κ3) is 4.77. The van der Waals surface area contributed by atoms with Crippen LogP contribution in [0.5, 0.6) is 11.5 Å². The summed E-state index contributed by atoms with van der Waals surface area (Å²) in [4.78, 5) is 31.1. The Morgan fingerprint density at radius 3 is 2.63 bits per heavy atom. The fourth-order valence-electron chi connectivity index (χ4n) is 4.47. The van der Waals surface area contributed by atoms with E-state index in [2.05, 4.69) is 11.9 Å². The number of thioether (sulfide) groups is 1. The van der Waals surface area contributed by atoms with Crippen molar-refractivity contribution in [1.82, 2.24) is 10.1 Å². The lowest BCUT2D eigenvalue weighted by Gasteiger charge is -2.32. The van der Waals surface area contributed by atoms with Gasteiger partial charge in [0.05, 0.1) is 31.0 Å². The molecule has 0 fully saturated rings. The summed E-state index contributed by atoms with van der Waals surface area (Å²) in [6.07, 6.45) is 3.80. The van der Waals surface area contributed by atoms with E-state index in [0.29, 0.717) is 39.2 Å². The van der Waals surface area contributed by atoms with Crippen LogP contribution in [0.4, 0.5) is 5.69 Å². The molecule has 1 amide bonds. The molecule has 35 heavy (non-hydrogen) atoms. The minimum absolute atomic E-state index is 0.179. The van der Waals surface area contributed by atoms with Crippen molar-refractivity contribution in [3.8, 4) is 22.8 Å². The molecule has 0 spiro atoms. The average Bonchev–Trinajstić information content (AvgIpc) is 2.86. The van der Waals surface area contributed by atoms with Crippen LogP contribution < -0.4 is 24.6 Å². The van der Waals surface area contributed by atoms with E-state index < -0.39 is 6.17 Å². The Morgan fingerprint density at radius 1 is 1.11 bits per heavy atom. The molecule has 1 atom stereocenters. The molecule has 2 aromatic carbocycles. The SMILES string of the molecule is CCCCCCSc1n[n+]2c(c(=O)[nH]1)-c1ccccc1N(C(C)=O)C2c1cccc(OC)c1OC. The van der Waals surface area contributed by atoms with Gasteiger partial charge in [0.15, 0.2) is 11.5 Å². The number of fused-ring (bicyclic) bond motifs is 3. The Morgan fingerprint density at radius 2 is 1.91 bits per heavy atom. The number of anilines is 1. The van der Waals surface area contributed by atoms with Gasteiger partial charge in [0.25, 0.3) is 6.17 Å². The number of methoxy groups -OCH3 is 2. The van der Waals surface area contributed by atoms with Gasteiger partial charge in [-0.25, -0.2) is 4.90 Å². The van der Waals surface area contributed by atoms with Gasteiger partial charge in [0.2, 0.25) is 11.1 Å². The number of rotatable bonds is 9. The van der Waals surface area contributed by atoms with Crippen molar-refractivity contribution < 1.29 is 19.0 Å². The van der Waals surface area contributed by atoms with Gasteiger partial charge in [-0.3, -0.25) is 14.6 Å². The maximum Gasteiger partial charge on any atom is 0.325 e. The number of benzene rings is 2. The van der Waals surface area contributed by atoms with Crippen LogP contribution in [-0.2, 0) is 4.79 Å². The third-order valence-electron chi connectivity index (χ3n) is 6.05. The second kappa shape index (κ2) is 10.9. The number of hydrogen-bond acceptors (Lipinski definition) is 6. The maximum absolute atomic E-state index is 13.4. The molecular formula is C26H31N4O4S+. The quantitative estimate of drug-likeness (QED) is 0.270. The molecule has 0 aliphatic carbocycles. The summed E-state index contributed by atoms with van der Waals surface area (Å²) < 4.78 is 12.9. The van der Waals surface area contributed by atoms with Crippen molar-refractivity contribution in [2.75, 3.05) is 24.9 Å². The lowest BCUT2D eigenvalue weighted by molar-refractivity contribution is -0.763. The van der Waals surface area contributed by atoms with E-state index in [1.165, 1.54) is 31.5 Å². The zero-order valence-electron chi connectivity index (χ0n) is 20.5. The molecule has 1 aliphatic heterocycles. The van der Waals surface area contributed by atoms with Gasteiger partial charge < -0.3 is 9.47 Å². The van der Waals surface area contributed by atoms with Crippen molar-refractivity contribution in [2.24, 2.45) is 0 Å². The van der Waals surface area contributed by atoms with Crippen LogP contribution in [0, 0.1) is 0 Å². The molecule has 0 saturated carbocycles. The highest BCUT2D eigenvalue weighted by Gasteiger charge is 2.46. The van der Waals surface area contributed by atoms with Crippen molar-refractivity contribution >= 4 is 23.4 Å². The number of para-hydroxylation sites is 2. The van der Waals surface area contributed by atoms with Crippen molar-refractivity contribution in [3.05, 3.63) is 58.4 Å². The third-order valence-corrected chi connectivity index (χ3v) is 7.00. The summed E-state index contributed by atoms with van der Waals surface area (Å²) in [5, 5.41) is 5.36. The Kier molecular flexibility index (Phi) is 7.75. The Balaban J connectivity index is 1.92. The van der Waals surface area contributed by atoms with Crippen LogP contribution in [0.25, 0.3) is 11.3 Å². The normalized spacial score (nSPS) is 14.3. The number of nitrogens with one attached hydrogen (secondary N) is 1. The molecule has 2 heterocycles. The molecule has 1 aromatic heterocycles. The summed E-state index contributed by atoms with van der Waals surface area (Å²) >= 11 is 1.52. The number of aromatic nitrogens is 3. The first-order chi connectivity index (χ1) is 17.0. The van der Waals surface area contributed by atoms with Crippen LogP contribution in [0.1, 0.15) is 51.3 Å². The summed E-state index contributed by atoms with van der Waals surface area (Å²) in [5.74, 6) is 1.69. The number of unbranched alkanes of at least 4 members (excludes halogenated alkanes) is 3. The molecular weight excluding hydrogens is 464 g/mol. The van der Waals surface area contributed by atoms with E-state index in [1.807, 2.05) is 36.4 Å². The Bertz CT molecular complexity index is 1280. The molecule has 184 valence electrons. The van der Waals surface area contributed by atoms with Gasteiger partial charge in [-0.05, 0) is 35.4 Å². The average molecular weight is 496 g/mol. The molecule has 0 saturated heterocycles. The van der Waals surface area contributed by atoms with Crippen LogP contribution in [0.15, 0.2) is 52.4 Å². The standard InChI is InChI=1S/C26H30N4O4S/c1-5-6-7-10-16-35-26-27-24(32)22-18-12-8-9-14-20(18)29(17(2)31)25(30(22)28-26)19-13-11-15-21(33-3)23(19)34-4/h8-9,11-15,25H,5-7,10,16H2,1-4H3/p+1. The molecule has 4 rings (SSSR count). The first-order valence-corrected chi connectivity index (χ1v) is 12.8. The molecule has 0 radical (unpaired) electrons. The van der Waals surface area contributed by atoms with Gasteiger partial charge >= 0.3 is 11.3 Å². The zero-order chi connectivity index (χ0) is 24.9. The zero-order valence-corrected chi connectivity index (χ0v) is 21.4. The summed E-state index contributed by atoms with van der Waals surface area (Å²) in [6.45, 7) is 3.69. The number of hydrogen-bond donors (Lipinski definition) is 1. The number of nitrogens with zero attached hydrogens (tertiary/aromatic N) is 3. The number of H-pyrrole nitrogens is 1. The molecule has 1 N–H and O–H groups in total. The second-order valence-electron chi connectivity index (χ2n) is 8.32. The first-order valence-electron chi connectivity index (χ1n) is 11.8. The number of carbonyl (C=O) groups is 1. The van der Waals surface area contributed by atoms with Gasteiger partial charge in [0.1, 0.15) is 0 Å². The minimum Gasteiger partial charge on any atom is -0.493 e. The topological polar surface area (TPSA) is 88.4 Å². The lowest BCUT2D eigenvalue weighted by Crippen LogP contribution is -2.60. The number of amides is 1. The number of carbonyl (C=O) groups excluding carboxylic acids is 1. The van der Waals surface area contributed by atoms with E-state index in [4.69, 9.17) is 14.6 Å². The minimum atomic E-state index is -0.732. The molecule has 3 aromatic rings. The lowest BCUT2D eigenvalue weighted by atomic mass is 10.0. The Hall–Kier alpha value is -3.33. The van der Waals surface area contributed by atoms with Crippen LogP contribution in [0.3, 0.4) is 0 Å². The van der Waals surface area contributed by atoms with Crippen LogP contribution in [-0.4, -0.2) is 36.0 Å². The summed E-state index contributed by atoms with van der Waals surface area (Å²) in [7, 11) is 3.13. The largest absolute Gasteiger partial charge is 0.493 e. The van der Waals surface area contributed by atoms with Gasteiger partial charge in [-0.2, -0.15) is 0 Å². The smallest absolute Gasteiger partial charge is 0.325 e. The van der Waals surface area contributed by atoms with E-state index in [-0.39, 0.29) is 11.5 Å². The second-order valence-corrected chi connectivity index (χ2v) is 9.41. The van der Waals surface area contributed by atoms with Gasteiger partial charge in [-0.1, -0.05) is 56.1 Å².